The van der Waals surface area contributed by atoms with Gasteiger partial charge in [-0.2, -0.15) is 0 Å². The molecule has 0 aliphatic heterocycles. The van der Waals surface area contributed by atoms with Gasteiger partial charge in [0.1, 0.15) is 0 Å². The molecule has 0 aliphatic rings. The van der Waals surface area contributed by atoms with Gasteiger partial charge in [-0.3, -0.25) is 9.69 Å². The summed E-state index contributed by atoms with van der Waals surface area (Å²) in [6, 6.07) is 5.32. The zero-order valence-corrected chi connectivity index (χ0v) is 12.8. The van der Waals surface area contributed by atoms with Crippen LogP contribution in [0, 0.1) is 6.92 Å². The third-order valence-corrected chi connectivity index (χ3v) is 3.53. The van der Waals surface area contributed by atoms with Crippen LogP contribution in [0.1, 0.15) is 18.9 Å². The van der Waals surface area contributed by atoms with Gasteiger partial charge < -0.3 is 15.8 Å². The van der Waals surface area contributed by atoms with Gasteiger partial charge in [-0.05, 0) is 45.0 Å². The summed E-state index contributed by atoms with van der Waals surface area (Å²) in [6.07, 6.45) is 0.905. The molecule has 1 aromatic carbocycles. The van der Waals surface area contributed by atoms with E-state index in [1.165, 1.54) is 0 Å². The molecule has 3 N–H and O–H groups in total. The van der Waals surface area contributed by atoms with Gasteiger partial charge in [-0.15, -0.1) is 0 Å². The van der Waals surface area contributed by atoms with Crippen LogP contribution in [-0.4, -0.2) is 44.2 Å². The minimum Gasteiger partial charge on any atom is -0.398 e. The second-order valence-corrected chi connectivity index (χ2v) is 5.01. The van der Waals surface area contributed by atoms with Crippen LogP contribution >= 0.6 is 0 Å². The van der Waals surface area contributed by atoms with Crippen molar-refractivity contribution in [3.63, 3.8) is 0 Å². The van der Waals surface area contributed by atoms with Crippen molar-refractivity contribution in [1.29, 1.82) is 0 Å². The zero-order valence-electron chi connectivity index (χ0n) is 12.8. The Hall–Kier alpha value is -1.59. The number of nitrogens with zero attached hydrogens (tertiary/aromatic N) is 1. The van der Waals surface area contributed by atoms with Crippen molar-refractivity contribution < 1.29 is 9.53 Å². The van der Waals surface area contributed by atoms with E-state index < -0.39 is 0 Å². The fourth-order valence-electron chi connectivity index (χ4n) is 1.88. The van der Waals surface area contributed by atoms with Crippen LogP contribution < -0.4 is 11.1 Å². The van der Waals surface area contributed by atoms with Gasteiger partial charge in [0, 0.05) is 31.6 Å². The fraction of sp³-hybridized carbons (Fsp3) is 0.533. The number of amides is 1. The molecule has 0 aliphatic carbocycles. The highest BCUT2D eigenvalue weighted by molar-refractivity contribution is 5.95. The summed E-state index contributed by atoms with van der Waals surface area (Å²) in [4.78, 5) is 14.2. The Labute approximate surface area is 121 Å². The average molecular weight is 279 g/mol. The van der Waals surface area contributed by atoms with Crippen LogP contribution in [0.5, 0.6) is 0 Å². The second kappa shape index (κ2) is 7.87. The maximum Gasteiger partial charge on any atom is 0.241 e. The smallest absolute Gasteiger partial charge is 0.241 e. The van der Waals surface area contributed by atoms with E-state index in [1.54, 1.807) is 7.11 Å². The molecule has 5 nitrogen and oxygen atoms in total. The van der Waals surface area contributed by atoms with Crippen LogP contribution in [0.15, 0.2) is 18.2 Å². The van der Waals surface area contributed by atoms with E-state index in [0.717, 1.165) is 24.2 Å². The first kappa shape index (κ1) is 16.5. The topological polar surface area (TPSA) is 67.6 Å². The third-order valence-electron chi connectivity index (χ3n) is 3.53. The highest BCUT2D eigenvalue weighted by atomic mass is 16.5. The van der Waals surface area contributed by atoms with Crippen molar-refractivity contribution in [1.82, 2.24) is 4.90 Å². The number of hydrogen-bond donors (Lipinski definition) is 2. The third kappa shape index (κ3) is 4.51. The number of nitrogen functional groups attached to an aromatic ring is 1. The first-order valence-electron chi connectivity index (χ1n) is 6.82. The van der Waals surface area contributed by atoms with Gasteiger partial charge in [-0.25, -0.2) is 0 Å². The molecule has 0 bridgehead atoms. The Morgan fingerprint density at radius 2 is 2.20 bits per heavy atom. The number of benzene rings is 1. The Kier molecular flexibility index (Phi) is 6.48. The Morgan fingerprint density at radius 3 is 2.85 bits per heavy atom. The SMILES string of the molecule is COCCCN(C)C(C)C(=O)Nc1cccc(N)c1C. The lowest BCUT2D eigenvalue weighted by molar-refractivity contribution is -0.120. The number of anilines is 2. The van der Waals surface area contributed by atoms with Crippen molar-refractivity contribution in [2.45, 2.75) is 26.3 Å². The van der Waals surface area contributed by atoms with Gasteiger partial charge >= 0.3 is 0 Å². The molecule has 5 heteroatoms. The van der Waals surface area contributed by atoms with Crippen molar-refractivity contribution >= 4 is 17.3 Å². The Bertz CT molecular complexity index is 449. The Morgan fingerprint density at radius 1 is 1.50 bits per heavy atom. The number of nitrogens with two attached hydrogens (primary N) is 1. The summed E-state index contributed by atoms with van der Waals surface area (Å²) in [7, 11) is 3.62. The van der Waals surface area contributed by atoms with E-state index in [1.807, 2.05) is 44.0 Å². The Balaban J connectivity index is 2.59. The van der Waals surface area contributed by atoms with E-state index in [-0.39, 0.29) is 11.9 Å². The van der Waals surface area contributed by atoms with E-state index in [9.17, 15) is 4.79 Å². The molecule has 112 valence electrons. The van der Waals surface area contributed by atoms with Crippen molar-refractivity contribution in [2.24, 2.45) is 0 Å². The van der Waals surface area contributed by atoms with Crippen LogP contribution in [0.2, 0.25) is 0 Å². The molecule has 0 spiro atoms. The lowest BCUT2D eigenvalue weighted by atomic mass is 10.1. The predicted molar refractivity (Wildman–Crippen MR) is 82.8 cm³/mol. The minimum absolute atomic E-state index is 0.0291. The molecule has 1 rings (SSSR count). The molecule has 0 fully saturated rings. The standard InChI is InChI=1S/C15H25N3O2/c1-11-13(16)7-5-8-14(11)17-15(19)12(2)18(3)9-6-10-20-4/h5,7-8,12H,6,9-10,16H2,1-4H3,(H,17,19). The van der Waals surface area contributed by atoms with Crippen molar-refractivity contribution in [2.75, 3.05) is 38.4 Å². The number of carbonyl (C=O) groups is 1. The lowest BCUT2D eigenvalue weighted by Crippen LogP contribution is -2.40. The summed E-state index contributed by atoms with van der Waals surface area (Å²) in [5.74, 6) is -0.0291. The number of rotatable bonds is 7. The molecule has 0 radical (unpaired) electrons. The van der Waals surface area contributed by atoms with Gasteiger partial charge in [-0.1, -0.05) is 6.07 Å². The number of ether oxygens (including phenoxy) is 1. The molecule has 1 atom stereocenters. The molecular formula is C15H25N3O2. The van der Waals surface area contributed by atoms with Crippen molar-refractivity contribution in [3.8, 4) is 0 Å². The predicted octanol–water partition coefficient (Wildman–Crippen LogP) is 1.87. The molecule has 20 heavy (non-hydrogen) atoms. The molecule has 0 aromatic heterocycles. The van der Waals surface area contributed by atoms with E-state index in [0.29, 0.717) is 12.3 Å². The maximum atomic E-state index is 12.2. The second-order valence-electron chi connectivity index (χ2n) is 5.01. The van der Waals surface area contributed by atoms with Gasteiger partial charge in [0.2, 0.25) is 5.91 Å². The summed E-state index contributed by atoms with van der Waals surface area (Å²) in [5.41, 5.74) is 8.19. The minimum atomic E-state index is -0.201. The zero-order chi connectivity index (χ0) is 15.1. The van der Waals surface area contributed by atoms with Crippen LogP contribution in [-0.2, 0) is 9.53 Å². The monoisotopic (exact) mass is 279 g/mol. The summed E-state index contributed by atoms with van der Waals surface area (Å²) >= 11 is 0. The number of carbonyl (C=O) groups excluding carboxylic acids is 1. The molecule has 1 aromatic rings. The summed E-state index contributed by atoms with van der Waals surface area (Å²) < 4.78 is 5.02. The number of hydrogen-bond acceptors (Lipinski definition) is 4. The van der Waals surface area contributed by atoms with Crippen LogP contribution in [0.3, 0.4) is 0 Å². The van der Waals surface area contributed by atoms with Crippen LogP contribution in [0.4, 0.5) is 11.4 Å². The molecule has 0 saturated carbocycles. The summed E-state index contributed by atoms with van der Waals surface area (Å²) in [5, 5.41) is 2.93. The number of likely N-dealkylation sites (N-methyl/N-ethyl adjacent to an activating group) is 1. The van der Waals surface area contributed by atoms with E-state index in [4.69, 9.17) is 10.5 Å². The van der Waals surface area contributed by atoms with Gasteiger partial charge in [0.25, 0.3) is 0 Å². The highest BCUT2D eigenvalue weighted by Crippen LogP contribution is 2.20. The molecule has 1 amide bonds. The molecular weight excluding hydrogens is 254 g/mol. The average Bonchev–Trinajstić information content (AvgIpc) is 2.43. The molecule has 0 heterocycles. The largest absolute Gasteiger partial charge is 0.398 e. The van der Waals surface area contributed by atoms with Gasteiger partial charge in [0.15, 0.2) is 0 Å². The number of nitrogens with one attached hydrogen (secondary N) is 1. The normalized spacial score (nSPS) is 12.4. The summed E-state index contributed by atoms with van der Waals surface area (Å²) in [6.45, 7) is 5.31. The highest BCUT2D eigenvalue weighted by Gasteiger charge is 2.18. The maximum absolute atomic E-state index is 12.2. The first-order chi connectivity index (χ1) is 9.47. The molecule has 0 saturated heterocycles. The molecule has 1 unspecified atom stereocenters. The van der Waals surface area contributed by atoms with Gasteiger partial charge in [0.05, 0.1) is 6.04 Å². The van der Waals surface area contributed by atoms with Crippen LogP contribution in [0.25, 0.3) is 0 Å². The quantitative estimate of drug-likeness (QED) is 0.590. The number of methoxy groups -OCH3 is 1. The first-order valence-corrected chi connectivity index (χ1v) is 6.82. The van der Waals surface area contributed by atoms with Crippen molar-refractivity contribution in [3.05, 3.63) is 23.8 Å². The van der Waals surface area contributed by atoms with E-state index >= 15 is 0 Å². The fourth-order valence-corrected chi connectivity index (χ4v) is 1.88. The van der Waals surface area contributed by atoms with E-state index in [2.05, 4.69) is 5.32 Å². The lowest BCUT2D eigenvalue weighted by Gasteiger charge is -2.24.